The topological polar surface area (TPSA) is 57.7 Å². The van der Waals surface area contributed by atoms with E-state index in [0.29, 0.717) is 15.6 Å². The lowest BCUT2D eigenvalue weighted by atomic mass is 9.84. The van der Waals surface area contributed by atoms with Gasteiger partial charge in [0.15, 0.2) is 4.33 Å². The second-order valence-corrected chi connectivity index (χ2v) is 12.7. The van der Waals surface area contributed by atoms with Crippen LogP contribution in [-0.4, -0.2) is 41.8 Å². The predicted octanol–water partition coefficient (Wildman–Crippen LogP) is 7.00. The Balaban J connectivity index is 1.63. The quantitative estimate of drug-likeness (QED) is 0.265. The van der Waals surface area contributed by atoms with Crippen molar-refractivity contribution in [3.05, 3.63) is 79.8 Å². The fourth-order valence-electron chi connectivity index (χ4n) is 4.99. The third kappa shape index (κ3) is 3.27. The van der Waals surface area contributed by atoms with Crippen LogP contribution in [-0.2, 0) is 16.1 Å². The minimum atomic E-state index is -2.09. The number of carbonyl (C=O) groups is 3. The standard InChI is InChI=1S/C23H12Cl8N2O3/c24-11-7-5-10(6-8-11)9-32(18(34)12-3-1-2-4-13(12)25)33-19(35)14-15(20(33)36)22(29)17(27)16(26)21(14,28)23(22,30)31/h1-8,14-15H,9H2/t14-,15-,21+,22+/m0/s1. The molecule has 1 saturated heterocycles. The minimum absolute atomic E-state index is 0.0631. The average molecular weight is 648 g/mol. The van der Waals surface area contributed by atoms with E-state index in [-0.39, 0.29) is 27.2 Å². The van der Waals surface area contributed by atoms with Gasteiger partial charge < -0.3 is 0 Å². The highest BCUT2D eigenvalue weighted by molar-refractivity contribution is 6.66. The van der Waals surface area contributed by atoms with Gasteiger partial charge in [-0.3, -0.25) is 14.4 Å². The maximum absolute atomic E-state index is 13.9. The SMILES string of the molecule is O=C(c1ccccc1Cl)N(Cc1ccc(Cl)cc1)N1C(=O)[C@@H]2[C@@H](C1=O)[C@@]1(Cl)C(Cl)=C(Cl)[C@@]2(Cl)C1(Cl)Cl. The molecular formula is C23H12Cl8N2O3. The summed E-state index contributed by atoms with van der Waals surface area (Å²) < 4.78 is -2.09. The molecule has 2 bridgehead atoms. The molecule has 3 aliphatic rings. The molecule has 36 heavy (non-hydrogen) atoms. The zero-order valence-corrected chi connectivity index (χ0v) is 23.7. The number of hydrazine groups is 1. The summed E-state index contributed by atoms with van der Waals surface area (Å²) in [5.41, 5.74) is 0.632. The van der Waals surface area contributed by atoms with E-state index < -0.39 is 43.6 Å². The highest BCUT2D eigenvalue weighted by atomic mass is 35.5. The predicted molar refractivity (Wildman–Crippen MR) is 142 cm³/mol. The Kier molecular flexibility index (Phi) is 6.54. The van der Waals surface area contributed by atoms with E-state index in [1.54, 1.807) is 36.4 Å². The van der Waals surface area contributed by atoms with Crippen molar-refractivity contribution < 1.29 is 14.4 Å². The zero-order chi connectivity index (χ0) is 26.4. The number of halogens is 8. The summed E-state index contributed by atoms with van der Waals surface area (Å²) in [5, 5.41) is 1.81. The van der Waals surface area contributed by atoms with Crippen LogP contribution >= 0.6 is 92.8 Å². The van der Waals surface area contributed by atoms with Crippen molar-refractivity contribution in [2.75, 3.05) is 0 Å². The number of imide groups is 1. The molecule has 0 radical (unpaired) electrons. The largest absolute Gasteiger partial charge is 0.274 e. The molecule has 188 valence electrons. The molecule has 2 fully saturated rings. The number of allylic oxidation sites excluding steroid dienone is 2. The summed E-state index contributed by atoms with van der Waals surface area (Å²) in [6, 6.07) is 12.7. The third-order valence-corrected chi connectivity index (χ3v) is 11.6. The van der Waals surface area contributed by atoms with E-state index in [2.05, 4.69) is 0 Å². The fraction of sp³-hybridized carbons (Fsp3) is 0.261. The van der Waals surface area contributed by atoms with Gasteiger partial charge in [-0.2, -0.15) is 5.01 Å². The Labute approximate surface area is 245 Å². The molecule has 2 aliphatic carbocycles. The van der Waals surface area contributed by atoms with E-state index in [0.717, 1.165) is 5.01 Å². The smallest absolute Gasteiger partial charge is 0.272 e. The summed E-state index contributed by atoms with van der Waals surface area (Å²) in [6.07, 6.45) is 0. The van der Waals surface area contributed by atoms with E-state index in [1.165, 1.54) is 12.1 Å². The molecule has 0 unspecified atom stereocenters. The summed E-state index contributed by atoms with van der Waals surface area (Å²) in [7, 11) is 0. The Morgan fingerprint density at radius 2 is 1.31 bits per heavy atom. The highest BCUT2D eigenvalue weighted by Gasteiger charge is 2.88. The molecule has 0 aromatic heterocycles. The van der Waals surface area contributed by atoms with Crippen LogP contribution in [0.2, 0.25) is 10.0 Å². The van der Waals surface area contributed by atoms with Crippen molar-refractivity contribution in [3.8, 4) is 0 Å². The first-order chi connectivity index (χ1) is 16.8. The van der Waals surface area contributed by atoms with Gasteiger partial charge in [-0.1, -0.05) is 93.9 Å². The Morgan fingerprint density at radius 1 is 0.806 bits per heavy atom. The van der Waals surface area contributed by atoms with Gasteiger partial charge in [-0.05, 0) is 29.8 Å². The lowest BCUT2D eigenvalue weighted by Crippen LogP contribution is -2.55. The average Bonchev–Trinajstić information content (AvgIpc) is 3.22. The minimum Gasteiger partial charge on any atom is -0.272 e. The lowest BCUT2D eigenvalue weighted by molar-refractivity contribution is -0.156. The van der Waals surface area contributed by atoms with Crippen molar-refractivity contribution in [1.29, 1.82) is 0 Å². The summed E-state index contributed by atoms with van der Waals surface area (Å²) >= 11 is 51.7. The maximum atomic E-state index is 13.9. The van der Waals surface area contributed by atoms with Crippen LogP contribution in [0.5, 0.6) is 0 Å². The lowest BCUT2D eigenvalue weighted by Gasteiger charge is -2.37. The van der Waals surface area contributed by atoms with Crippen molar-refractivity contribution in [2.24, 2.45) is 11.8 Å². The number of nitrogens with zero attached hydrogens (tertiary/aromatic N) is 2. The van der Waals surface area contributed by atoms with Gasteiger partial charge in [-0.15, -0.1) is 23.2 Å². The number of carbonyl (C=O) groups excluding carboxylic acids is 3. The van der Waals surface area contributed by atoms with Crippen LogP contribution in [0.25, 0.3) is 0 Å². The van der Waals surface area contributed by atoms with E-state index in [9.17, 15) is 14.4 Å². The van der Waals surface area contributed by atoms with Crippen molar-refractivity contribution in [2.45, 2.75) is 20.6 Å². The van der Waals surface area contributed by atoms with Gasteiger partial charge in [0.2, 0.25) is 0 Å². The molecule has 2 aromatic carbocycles. The van der Waals surface area contributed by atoms with Gasteiger partial charge in [0, 0.05) is 5.02 Å². The first-order valence-electron chi connectivity index (χ1n) is 10.3. The first kappa shape index (κ1) is 26.7. The number of benzene rings is 2. The molecule has 1 aliphatic heterocycles. The van der Waals surface area contributed by atoms with Crippen molar-refractivity contribution >= 4 is 111 Å². The zero-order valence-electron chi connectivity index (χ0n) is 17.6. The van der Waals surface area contributed by atoms with Crippen LogP contribution in [0.3, 0.4) is 0 Å². The molecule has 1 saturated carbocycles. The molecular weight excluding hydrogens is 636 g/mol. The molecule has 2 aromatic rings. The summed E-state index contributed by atoms with van der Waals surface area (Å²) in [5.74, 6) is -5.21. The number of hydrogen-bond acceptors (Lipinski definition) is 3. The number of alkyl halides is 4. The van der Waals surface area contributed by atoms with E-state index >= 15 is 0 Å². The summed E-state index contributed by atoms with van der Waals surface area (Å²) in [6.45, 7) is -0.190. The van der Waals surface area contributed by atoms with Crippen LogP contribution in [0, 0.1) is 11.8 Å². The molecule has 5 rings (SSSR count). The molecule has 1 heterocycles. The number of fused-ring (bicyclic) bond motifs is 5. The Morgan fingerprint density at radius 3 is 1.81 bits per heavy atom. The molecule has 0 N–H and O–H groups in total. The fourth-order valence-corrected chi connectivity index (χ4v) is 8.26. The Bertz CT molecular complexity index is 1320. The molecule has 13 heteroatoms. The second-order valence-electron chi connectivity index (χ2n) is 8.54. The molecule has 3 amide bonds. The van der Waals surface area contributed by atoms with Gasteiger partial charge in [0.05, 0.1) is 39.0 Å². The van der Waals surface area contributed by atoms with Gasteiger partial charge in [0.25, 0.3) is 17.7 Å². The van der Waals surface area contributed by atoms with Gasteiger partial charge >= 0.3 is 0 Å². The van der Waals surface area contributed by atoms with Gasteiger partial charge in [-0.25, -0.2) is 5.01 Å². The van der Waals surface area contributed by atoms with Crippen molar-refractivity contribution in [3.63, 3.8) is 0 Å². The van der Waals surface area contributed by atoms with Crippen LogP contribution in [0.15, 0.2) is 58.6 Å². The van der Waals surface area contributed by atoms with Crippen LogP contribution in [0.1, 0.15) is 15.9 Å². The van der Waals surface area contributed by atoms with Gasteiger partial charge in [0.1, 0.15) is 9.75 Å². The normalized spacial score (nSPS) is 30.3. The second kappa shape index (κ2) is 8.82. The third-order valence-electron chi connectivity index (χ3n) is 6.71. The molecule has 5 nitrogen and oxygen atoms in total. The highest BCUT2D eigenvalue weighted by Crippen LogP contribution is 2.77. The van der Waals surface area contributed by atoms with E-state index in [4.69, 9.17) is 92.8 Å². The Hall–Kier alpha value is -0.890. The van der Waals surface area contributed by atoms with Crippen molar-refractivity contribution in [1.82, 2.24) is 10.0 Å². The number of amides is 3. The van der Waals surface area contributed by atoms with E-state index in [1.807, 2.05) is 0 Å². The molecule has 4 atom stereocenters. The maximum Gasteiger partial charge on any atom is 0.274 e. The first-order valence-corrected chi connectivity index (χ1v) is 13.3. The number of rotatable bonds is 4. The van der Waals surface area contributed by atoms with Crippen LogP contribution < -0.4 is 0 Å². The molecule has 0 spiro atoms. The van der Waals surface area contributed by atoms with Crippen LogP contribution in [0.4, 0.5) is 0 Å². The summed E-state index contributed by atoms with van der Waals surface area (Å²) in [4.78, 5) is 37.4. The number of hydrogen-bond donors (Lipinski definition) is 0. The monoisotopic (exact) mass is 644 g/mol.